The molecule has 4 heterocycles. The summed E-state index contributed by atoms with van der Waals surface area (Å²) < 4.78 is 5.72. The third-order valence-corrected chi connectivity index (χ3v) is 5.24. The average Bonchev–Trinajstić information content (AvgIpc) is 3.29. The van der Waals surface area contributed by atoms with Crippen molar-refractivity contribution in [1.29, 1.82) is 0 Å². The van der Waals surface area contributed by atoms with Gasteiger partial charge in [-0.05, 0) is 25.9 Å². The molecule has 4 rings (SSSR count). The summed E-state index contributed by atoms with van der Waals surface area (Å²) >= 11 is 0. The molecular formula is C18H25N5O2. The number of Topliss-reactive ketones (excluding diaryl/α,β-unsaturated/α-hetero) is 1. The molecule has 0 spiro atoms. The number of likely N-dealkylation sites (tertiary alicyclic amines) is 1. The molecule has 134 valence electrons. The number of carbonyl (C=O) groups excluding carboxylic acids is 1. The number of nitrogens with zero attached hydrogens (tertiary/aromatic N) is 5. The molecule has 2 aromatic heterocycles. The first-order valence-electron chi connectivity index (χ1n) is 9.16. The van der Waals surface area contributed by atoms with E-state index in [9.17, 15) is 4.79 Å². The van der Waals surface area contributed by atoms with Crippen molar-refractivity contribution in [2.24, 2.45) is 0 Å². The van der Waals surface area contributed by atoms with Crippen LogP contribution in [-0.2, 0) is 0 Å². The summed E-state index contributed by atoms with van der Waals surface area (Å²) in [6.07, 6.45) is 4.25. The van der Waals surface area contributed by atoms with Gasteiger partial charge in [0.2, 0.25) is 0 Å². The lowest BCUT2D eigenvalue weighted by atomic mass is 10.3. The molecule has 2 fully saturated rings. The highest BCUT2D eigenvalue weighted by atomic mass is 16.3. The number of rotatable bonds is 5. The molecule has 0 unspecified atom stereocenters. The van der Waals surface area contributed by atoms with Crippen LogP contribution in [0.15, 0.2) is 16.8 Å². The van der Waals surface area contributed by atoms with Crippen LogP contribution in [0, 0.1) is 0 Å². The highest BCUT2D eigenvalue weighted by Crippen LogP contribution is 2.27. The zero-order valence-corrected chi connectivity index (χ0v) is 14.8. The number of ketones is 1. The molecule has 2 saturated heterocycles. The normalized spacial score (nSPS) is 19.8. The Kier molecular flexibility index (Phi) is 4.67. The first-order chi connectivity index (χ1) is 12.2. The molecule has 0 saturated carbocycles. The molecule has 2 aliphatic heterocycles. The van der Waals surface area contributed by atoms with E-state index in [2.05, 4.69) is 24.7 Å². The summed E-state index contributed by atoms with van der Waals surface area (Å²) in [6, 6.07) is 1.70. The average molecular weight is 343 g/mol. The van der Waals surface area contributed by atoms with Crippen molar-refractivity contribution in [1.82, 2.24) is 19.8 Å². The summed E-state index contributed by atoms with van der Waals surface area (Å²) in [4.78, 5) is 27.5. The quantitative estimate of drug-likeness (QED) is 0.765. The maximum Gasteiger partial charge on any atom is 0.195 e. The van der Waals surface area contributed by atoms with Crippen LogP contribution in [0.3, 0.4) is 0 Å². The Morgan fingerprint density at radius 2 is 1.72 bits per heavy atom. The molecule has 7 nitrogen and oxygen atoms in total. The molecule has 2 aliphatic rings. The number of furan rings is 1. The van der Waals surface area contributed by atoms with Gasteiger partial charge in [-0.3, -0.25) is 9.69 Å². The highest BCUT2D eigenvalue weighted by molar-refractivity contribution is 5.97. The fraction of sp³-hybridized carbons (Fsp3) is 0.611. The van der Waals surface area contributed by atoms with Crippen LogP contribution in [0.2, 0.25) is 0 Å². The number of anilines is 1. The number of aromatic nitrogens is 2. The SMILES string of the molecule is CC(=O)c1cc2ncnc(N3CCN(CCN4CCCC4)CC3)c2o1. The molecule has 0 amide bonds. The summed E-state index contributed by atoms with van der Waals surface area (Å²) in [7, 11) is 0. The van der Waals surface area contributed by atoms with Crippen LogP contribution in [0.1, 0.15) is 30.3 Å². The topological polar surface area (TPSA) is 65.7 Å². The minimum Gasteiger partial charge on any atom is -0.447 e. The Morgan fingerprint density at radius 1 is 1.04 bits per heavy atom. The van der Waals surface area contributed by atoms with Gasteiger partial charge in [-0.15, -0.1) is 0 Å². The molecule has 0 aliphatic carbocycles. The Labute approximate surface area is 147 Å². The first kappa shape index (κ1) is 16.5. The number of hydrogen-bond acceptors (Lipinski definition) is 7. The van der Waals surface area contributed by atoms with E-state index >= 15 is 0 Å². The van der Waals surface area contributed by atoms with Crippen molar-refractivity contribution in [2.75, 3.05) is 57.3 Å². The fourth-order valence-corrected chi connectivity index (χ4v) is 3.71. The van der Waals surface area contributed by atoms with E-state index in [1.165, 1.54) is 39.4 Å². The Morgan fingerprint density at radius 3 is 2.40 bits per heavy atom. The lowest BCUT2D eigenvalue weighted by Gasteiger charge is -2.35. The summed E-state index contributed by atoms with van der Waals surface area (Å²) in [5.41, 5.74) is 1.32. The van der Waals surface area contributed by atoms with Crippen LogP contribution in [0.4, 0.5) is 5.82 Å². The van der Waals surface area contributed by atoms with Crippen molar-refractivity contribution in [3.05, 3.63) is 18.2 Å². The van der Waals surface area contributed by atoms with E-state index in [-0.39, 0.29) is 5.78 Å². The number of piperazine rings is 1. The predicted octanol–water partition coefficient (Wildman–Crippen LogP) is 1.64. The number of carbonyl (C=O) groups is 1. The third-order valence-electron chi connectivity index (χ3n) is 5.24. The van der Waals surface area contributed by atoms with Crippen LogP contribution >= 0.6 is 0 Å². The van der Waals surface area contributed by atoms with Gasteiger partial charge in [0, 0.05) is 52.3 Å². The molecule has 7 heteroatoms. The van der Waals surface area contributed by atoms with Crippen molar-refractivity contribution >= 4 is 22.7 Å². The van der Waals surface area contributed by atoms with Gasteiger partial charge >= 0.3 is 0 Å². The molecule has 0 aromatic carbocycles. The minimum absolute atomic E-state index is 0.0873. The summed E-state index contributed by atoms with van der Waals surface area (Å²) in [6.45, 7) is 10.2. The monoisotopic (exact) mass is 343 g/mol. The van der Waals surface area contributed by atoms with E-state index in [4.69, 9.17) is 4.42 Å². The molecule has 0 bridgehead atoms. The van der Waals surface area contributed by atoms with E-state index in [0.717, 1.165) is 38.5 Å². The van der Waals surface area contributed by atoms with Crippen LogP contribution in [-0.4, -0.2) is 77.9 Å². The van der Waals surface area contributed by atoms with Crippen molar-refractivity contribution in [3.63, 3.8) is 0 Å². The van der Waals surface area contributed by atoms with Crippen LogP contribution in [0.25, 0.3) is 11.1 Å². The van der Waals surface area contributed by atoms with Gasteiger partial charge in [0.1, 0.15) is 11.8 Å². The van der Waals surface area contributed by atoms with Crippen LogP contribution in [0.5, 0.6) is 0 Å². The van der Waals surface area contributed by atoms with E-state index < -0.39 is 0 Å². The van der Waals surface area contributed by atoms with Gasteiger partial charge < -0.3 is 14.2 Å². The third kappa shape index (κ3) is 3.52. The Bertz CT molecular complexity index is 745. The lowest BCUT2D eigenvalue weighted by Crippen LogP contribution is -2.48. The van der Waals surface area contributed by atoms with E-state index in [1.54, 1.807) is 12.4 Å². The zero-order chi connectivity index (χ0) is 17.2. The molecule has 2 aromatic rings. The van der Waals surface area contributed by atoms with E-state index in [1.807, 2.05) is 0 Å². The van der Waals surface area contributed by atoms with Crippen molar-refractivity contribution in [3.8, 4) is 0 Å². The highest BCUT2D eigenvalue weighted by Gasteiger charge is 2.23. The van der Waals surface area contributed by atoms with Gasteiger partial charge in [-0.25, -0.2) is 9.97 Å². The lowest BCUT2D eigenvalue weighted by molar-refractivity contribution is 0.0989. The molecule has 0 N–H and O–H groups in total. The number of hydrogen-bond donors (Lipinski definition) is 0. The summed E-state index contributed by atoms with van der Waals surface area (Å²) in [5.74, 6) is 1.06. The maximum absolute atomic E-state index is 11.6. The van der Waals surface area contributed by atoms with Gasteiger partial charge in [-0.2, -0.15) is 0 Å². The van der Waals surface area contributed by atoms with Gasteiger partial charge in [0.05, 0.1) is 0 Å². The predicted molar refractivity (Wildman–Crippen MR) is 96.1 cm³/mol. The first-order valence-corrected chi connectivity index (χ1v) is 9.16. The van der Waals surface area contributed by atoms with Gasteiger partial charge in [0.15, 0.2) is 22.9 Å². The second kappa shape index (κ2) is 7.09. The Hall–Kier alpha value is -1.99. The van der Waals surface area contributed by atoms with Gasteiger partial charge in [-0.1, -0.05) is 0 Å². The molecular weight excluding hydrogens is 318 g/mol. The number of fused-ring (bicyclic) bond motifs is 1. The van der Waals surface area contributed by atoms with E-state index in [0.29, 0.717) is 16.9 Å². The largest absolute Gasteiger partial charge is 0.447 e. The smallest absolute Gasteiger partial charge is 0.195 e. The Balaban J connectivity index is 1.40. The second-order valence-electron chi connectivity index (χ2n) is 6.96. The fourth-order valence-electron chi connectivity index (χ4n) is 3.71. The second-order valence-corrected chi connectivity index (χ2v) is 6.96. The van der Waals surface area contributed by atoms with Crippen molar-refractivity contribution < 1.29 is 9.21 Å². The molecule has 0 radical (unpaired) electrons. The van der Waals surface area contributed by atoms with Crippen LogP contribution < -0.4 is 4.90 Å². The standard InChI is InChI=1S/C18H25N5O2/c1-14(24)16-12-15-17(25-16)18(20-13-19-15)23-10-8-22(9-11-23)7-6-21-4-2-3-5-21/h12-13H,2-11H2,1H3. The van der Waals surface area contributed by atoms with Crippen molar-refractivity contribution in [2.45, 2.75) is 19.8 Å². The minimum atomic E-state index is -0.0873. The molecule has 0 atom stereocenters. The zero-order valence-electron chi connectivity index (χ0n) is 14.8. The summed E-state index contributed by atoms with van der Waals surface area (Å²) in [5, 5.41) is 0. The maximum atomic E-state index is 11.6. The molecule has 25 heavy (non-hydrogen) atoms. The van der Waals surface area contributed by atoms with Gasteiger partial charge in [0.25, 0.3) is 0 Å².